The molecule has 0 aromatic heterocycles. The molecule has 0 saturated heterocycles. The fourth-order valence-electron chi connectivity index (χ4n) is 1.40. The third-order valence-corrected chi connectivity index (χ3v) is 4.05. The molecule has 0 aliphatic rings. The van der Waals surface area contributed by atoms with Gasteiger partial charge in [0.05, 0.1) is 12.0 Å². The molecular weight excluding hydrogens is 259 g/mol. The van der Waals surface area contributed by atoms with Crippen molar-refractivity contribution in [3.05, 3.63) is 24.0 Å². The van der Waals surface area contributed by atoms with Crippen LogP contribution >= 0.6 is 0 Å². The van der Waals surface area contributed by atoms with Crippen molar-refractivity contribution in [2.45, 2.75) is 24.3 Å². The van der Waals surface area contributed by atoms with Crippen LogP contribution in [0.4, 0.5) is 4.39 Å². The van der Waals surface area contributed by atoms with Crippen LogP contribution in [0.1, 0.15) is 13.3 Å². The van der Waals surface area contributed by atoms with Gasteiger partial charge >= 0.3 is 0 Å². The first kappa shape index (κ1) is 14.9. The summed E-state index contributed by atoms with van der Waals surface area (Å²) in [7, 11) is -2.44. The van der Waals surface area contributed by atoms with E-state index in [0.29, 0.717) is 6.42 Å². The molecule has 7 heteroatoms. The topological polar surface area (TPSA) is 81.4 Å². The molecule has 5 nitrogen and oxygen atoms in total. The maximum Gasteiger partial charge on any atom is 0.240 e. The zero-order chi connectivity index (χ0) is 13.8. The van der Waals surface area contributed by atoms with Crippen LogP contribution in [-0.4, -0.2) is 28.1 Å². The Kier molecular flexibility index (Phi) is 5.06. The van der Waals surface area contributed by atoms with Crippen LogP contribution in [0.15, 0.2) is 23.1 Å². The lowest BCUT2D eigenvalue weighted by atomic mass is 10.2. The monoisotopic (exact) mass is 276 g/mol. The Hall–Kier alpha value is -1.18. The van der Waals surface area contributed by atoms with Crippen molar-refractivity contribution in [2.24, 2.45) is 5.73 Å². The van der Waals surface area contributed by atoms with E-state index in [9.17, 15) is 12.8 Å². The van der Waals surface area contributed by atoms with Crippen LogP contribution in [0.5, 0.6) is 5.75 Å². The van der Waals surface area contributed by atoms with Crippen molar-refractivity contribution in [3.8, 4) is 5.75 Å². The van der Waals surface area contributed by atoms with E-state index in [-0.39, 0.29) is 23.2 Å². The van der Waals surface area contributed by atoms with Gasteiger partial charge in [0.1, 0.15) is 0 Å². The second-order valence-corrected chi connectivity index (χ2v) is 5.47. The number of rotatable bonds is 6. The van der Waals surface area contributed by atoms with Gasteiger partial charge in [-0.25, -0.2) is 17.5 Å². The number of hydrogen-bond acceptors (Lipinski definition) is 4. The minimum absolute atomic E-state index is 0.000170. The first-order chi connectivity index (χ1) is 8.44. The number of halogens is 1. The fraction of sp³-hybridized carbons (Fsp3) is 0.455. The molecule has 0 amide bonds. The molecule has 1 aromatic rings. The molecule has 0 bridgehead atoms. The summed E-state index contributed by atoms with van der Waals surface area (Å²) in [4.78, 5) is -0.146. The highest BCUT2D eigenvalue weighted by molar-refractivity contribution is 7.89. The minimum atomic E-state index is -3.76. The second kappa shape index (κ2) is 6.12. The van der Waals surface area contributed by atoms with Crippen LogP contribution in [0, 0.1) is 5.82 Å². The molecule has 0 fully saturated rings. The lowest BCUT2D eigenvalue weighted by molar-refractivity contribution is 0.385. The van der Waals surface area contributed by atoms with E-state index in [1.165, 1.54) is 19.2 Å². The van der Waals surface area contributed by atoms with Gasteiger partial charge in [0.2, 0.25) is 10.0 Å². The maximum absolute atomic E-state index is 13.4. The van der Waals surface area contributed by atoms with Gasteiger partial charge in [-0.15, -0.1) is 0 Å². The summed E-state index contributed by atoms with van der Waals surface area (Å²) in [6.45, 7) is 2.00. The lowest BCUT2D eigenvalue weighted by Gasteiger charge is -2.15. The number of benzene rings is 1. The molecule has 18 heavy (non-hydrogen) atoms. The van der Waals surface area contributed by atoms with Gasteiger partial charge in [0.25, 0.3) is 0 Å². The summed E-state index contributed by atoms with van der Waals surface area (Å²) < 4.78 is 44.5. The largest absolute Gasteiger partial charge is 0.494 e. The molecule has 3 N–H and O–H groups in total. The number of methoxy groups -OCH3 is 1. The third-order valence-electron chi connectivity index (χ3n) is 2.53. The fourth-order valence-corrected chi connectivity index (χ4v) is 2.74. The molecule has 1 aromatic carbocycles. The van der Waals surface area contributed by atoms with Gasteiger partial charge in [-0.3, -0.25) is 0 Å². The average Bonchev–Trinajstić information content (AvgIpc) is 2.35. The summed E-state index contributed by atoms with van der Waals surface area (Å²) in [5, 5.41) is 0. The number of sulfonamides is 1. The molecule has 0 aliphatic heterocycles. The quantitative estimate of drug-likeness (QED) is 0.807. The summed E-state index contributed by atoms with van der Waals surface area (Å²) in [6, 6.07) is 3.12. The van der Waals surface area contributed by atoms with E-state index in [4.69, 9.17) is 10.5 Å². The third kappa shape index (κ3) is 3.41. The summed E-state index contributed by atoms with van der Waals surface area (Å²) >= 11 is 0. The Bertz CT molecular complexity index is 501. The zero-order valence-electron chi connectivity index (χ0n) is 10.3. The Morgan fingerprint density at radius 3 is 2.61 bits per heavy atom. The number of nitrogens with two attached hydrogens (primary N) is 1. The molecule has 0 heterocycles. The van der Waals surface area contributed by atoms with Crippen LogP contribution in [0.2, 0.25) is 0 Å². The van der Waals surface area contributed by atoms with Crippen molar-refractivity contribution in [3.63, 3.8) is 0 Å². The molecule has 0 spiro atoms. The van der Waals surface area contributed by atoms with Gasteiger partial charge in [-0.2, -0.15) is 0 Å². The van der Waals surface area contributed by atoms with Gasteiger partial charge in [-0.1, -0.05) is 6.92 Å². The second-order valence-electron chi connectivity index (χ2n) is 3.76. The average molecular weight is 276 g/mol. The van der Waals surface area contributed by atoms with Gasteiger partial charge in [0.15, 0.2) is 11.6 Å². The molecule has 0 saturated carbocycles. The maximum atomic E-state index is 13.4. The molecule has 0 aliphatic carbocycles. The number of nitrogens with one attached hydrogen (secondary N) is 1. The summed E-state index contributed by atoms with van der Waals surface area (Å²) in [5.41, 5.74) is 5.42. The highest BCUT2D eigenvalue weighted by atomic mass is 32.2. The highest BCUT2D eigenvalue weighted by Gasteiger charge is 2.19. The van der Waals surface area contributed by atoms with Crippen LogP contribution in [-0.2, 0) is 10.0 Å². The predicted octanol–water partition coefficient (Wildman–Crippen LogP) is 0.850. The van der Waals surface area contributed by atoms with Crippen LogP contribution in [0.3, 0.4) is 0 Å². The minimum Gasteiger partial charge on any atom is -0.494 e. The Balaban J connectivity index is 3.02. The molecule has 1 unspecified atom stereocenters. The summed E-state index contributed by atoms with van der Waals surface area (Å²) in [6.07, 6.45) is 0.564. The Morgan fingerprint density at radius 2 is 2.17 bits per heavy atom. The molecule has 1 rings (SSSR count). The number of ether oxygens (including phenoxy) is 1. The summed E-state index contributed by atoms with van der Waals surface area (Å²) in [5.74, 6) is -0.721. The molecular formula is C11H17FN2O3S. The molecule has 102 valence electrons. The smallest absolute Gasteiger partial charge is 0.240 e. The van der Waals surface area contributed by atoms with Crippen molar-refractivity contribution in [1.29, 1.82) is 0 Å². The van der Waals surface area contributed by atoms with E-state index in [0.717, 1.165) is 6.07 Å². The van der Waals surface area contributed by atoms with Crippen molar-refractivity contribution >= 4 is 10.0 Å². The van der Waals surface area contributed by atoms with Gasteiger partial charge in [-0.05, 0) is 24.6 Å². The van der Waals surface area contributed by atoms with Gasteiger partial charge in [0, 0.05) is 12.6 Å². The van der Waals surface area contributed by atoms with E-state index in [1.807, 2.05) is 6.92 Å². The number of hydrogen-bond donors (Lipinski definition) is 2. The highest BCUT2D eigenvalue weighted by Crippen LogP contribution is 2.20. The van der Waals surface area contributed by atoms with E-state index in [2.05, 4.69) is 4.72 Å². The standard InChI is InChI=1S/C11H17FN2O3S/c1-3-8(7-13)14-18(15,16)9-4-5-11(17-2)10(12)6-9/h4-6,8,14H,3,7,13H2,1-2H3. The lowest BCUT2D eigenvalue weighted by Crippen LogP contribution is -2.39. The normalized spacial score (nSPS) is 13.3. The first-order valence-corrected chi connectivity index (χ1v) is 6.98. The van der Waals surface area contributed by atoms with E-state index < -0.39 is 15.8 Å². The SMILES string of the molecule is CCC(CN)NS(=O)(=O)c1ccc(OC)c(F)c1. The molecule has 0 radical (unpaired) electrons. The van der Waals surface area contributed by atoms with Crippen LogP contribution < -0.4 is 15.2 Å². The van der Waals surface area contributed by atoms with E-state index in [1.54, 1.807) is 0 Å². The van der Waals surface area contributed by atoms with E-state index >= 15 is 0 Å². The van der Waals surface area contributed by atoms with Crippen LogP contribution in [0.25, 0.3) is 0 Å². The first-order valence-electron chi connectivity index (χ1n) is 5.50. The Morgan fingerprint density at radius 1 is 1.50 bits per heavy atom. The molecule has 1 atom stereocenters. The Labute approximate surface area is 106 Å². The zero-order valence-corrected chi connectivity index (χ0v) is 11.1. The van der Waals surface area contributed by atoms with Crippen molar-refractivity contribution in [2.75, 3.05) is 13.7 Å². The van der Waals surface area contributed by atoms with Gasteiger partial charge < -0.3 is 10.5 Å². The predicted molar refractivity (Wildman–Crippen MR) is 66.4 cm³/mol. The van der Waals surface area contributed by atoms with Crippen molar-refractivity contribution < 1.29 is 17.5 Å². The van der Waals surface area contributed by atoms with Crippen molar-refractivity contribution in [1.82, 2.24) is 4.72 Å².